The fourth-order valence-corrected chi connectivity index (χ4v) is 20.9. The van der Waals surface area contributed by atoms with E-state index >= 15 is 0 Å². The van der Waals surface area contributed by atoms with Crippen LogP contribution in [0.4, 0.5) is 0 Å². The number of carbonyl (C=O) groups excluding carboxylic acids is 6. The Hall–Kier alpha value is -3.94. The second-order valence-electron chi connectivity index (χ2n) is 19.6. The van der Waals surface area contributed by atoms with E-state index in [0.29, 0.717) is 50.0 Å². The molecule has 0 aliphatic rings. The molecule has 0 atom stereocenters. The molecule has 0 fully saturated rings. The second kappa shape index (κ2) is 44.8. The van der Waals surface area contributed by atoms with Crippen LogP contribution in [0.2, 0.25) is 17.3 Å². The van der Waals surface area contributed by atoms with E-state index in [1.54, 1.807) is 52.3 Å². The molecule has 0 spiro atoms. The van der Waals surface area contributed by atoms with Crippen molar-refractivity contribution in [3.8, 4) is 62.6 Å². The number of aliphatic carboxylic acids is 1. The van der Waals surface area contributed by atoms with Gasteiger partial charge in [0.15, 0.2) is 6.29 Å². The Bertz CT molecular complexity index is 4540. The maximum Gasteiger partial charge on any atom is 1.00 e. The fraction of sp³-hybridized carbons (Fsp3) is 0.183. The molecule has 518 valence electrons. The van der Waals surface area contributed by atoms with Crippen molar-refractivity contribution in [3.05, 3.63) is 221 Å². The number of thiophene rings is 10. The smallest absolute Gasteiger partial charge is 0.550 e. The van der Waals surface area contributed by atoms with Gasteiger partial charge in [0.2, 0.25) is 0 Å². The number of carboxylic acid groups (broad SMARTS) is 1. The van der Waals surface area contributed by atoms with Crippen molar-refractivity contribution in [3.63, 3.8) is 0 Å². The summed E-state index contributed by atoms with van der Waals surface area (Å²) in [6, 6.07) is 47.4. The molecule has 0 unspecified atom stereocenters. The number of ether oxygens (including phenoxy) is 4. The summed E-state index contributed by atoms with van der Waals surface area (Å²) in [5.74, 6) is -1.81. The van der Waals surface area contributed by atoms with E-state index < -0.39 is 5.97 Å². The number of halogens is 7. The fourth-order valence-electron chi connectivity index (χ4n) is 8.64. The van der Waals surface area contributed by atoms with Gasteiger partial charge in [-0.2, -0.15) is 0 Å². The number of hydrogen-bond acceptors (Lipinski definition) is 21. The molecule has 2 aromatic carbocycles. The Kier molecular flexibility index (Phi) is 38.1. The Morgan fingerprint density at radius 3 is 1.09 bits per heavy atom. The average Bonchev–Trinajstić information content (AvgIpc) is 1.68. The quantitative estimate of drug-likeness (QED) is 0.0291. The molecule has 0 saturated carbocycles. The van der Waals surface area contributed by atoms with Crippen molar-refractivity contribution >= 4 is 244 Å². The Balaban J connectivity index is 0.000000193. The summed E-state index contributed by atoms with van der Waals surface area (Å²) in [5.41, 5.74) is 6.36. The van der Waals surface area contributed by atoms with Crippen LogP contribution < -0.4 is 34.7 Å². The molecule has 12 rings (SSSR count). The van der Waals surface area contributed by atoms with Gasteiger partial charge in [-0.1, -0.05) is 107 Å². The number of rotatable bonds is 21. The first-order valence-electron chi connectivity index (χ1n) is 29.6. The van der Waals surface area contributed by atoms with E-state index in [4.69, 9.17) is 65.4 Å². The third-order valence-corrected chi connectivity index (χ3v) is 26.5. The molecule has 0 amide bonds. The van der Waals surface area contributed by atoms with Crippen LogP contribution in [0.15, 0.2) is 174 Å². The Morgan fingerprint density at radius 2 is 0.740 bits per heavy atom. The van der Waals surface area contributed by atoms with Gasteiger partial charge in [0, 0.05) is 97.2 Å². The van der Waals surface area contributed by atoms with Crippen LogP contribution in [-0.2, 0) is 75.0 Å². The van der Waals surface area contributed by atoms with Crippen LogP contribution in [0.5, 0.6) is 0 Å². The maximum absolute atomic E-state index is 11.9. The van der Waals surface area contributed by atoms with Crippen molar-refractivity contribution < 1.29 is 82.4 Å². The van der Waals surface area contributed by atoms with Gasteiger partial charge in [-0.05, 0) is 188 Å². The molecule has 0 saturated heterocycles. The van der Waals surface area contributed by atoms with Gasteiger partial charge in [-0.15, -0.1) is 113 Å². The monoisotopic (exact) mass is 1810 g/mol. The predicted octanol–water partition coefficient (Wildman–Crippen LogP) is 21.2. The number of hydrogen-bond donors (Lipinski definition) is 0. The van der Waals surface area contributed by atoms with Gasteiger partial charge in [-0.25, -0.2) is 0 Å². The van der Waals surface area contributed by atoms with Gasteiger partial charge in [-0.3, -0.25) is 24.0 Å². The second-order valence-corrected chi connectivity index (χ2v) is 35.9. The zero-order chi connectivity index (χ0) is 71.4. The van der Waals surface area contributed by atoms with Gasteiger partial charge in [0.05, 0.1) is 78.1 Å². The molecule has 29 heteroatoms. The van der Waals surface area contributed by atoms with Gasteiger partial charge < -0.3 is 28.8 Å². The van der Waals surface area contributed by atoms with E-state index in [-0.39, 0.29) is 66.3 Å². The molecule has 0 N–H and O–H groups in total. The first kappa shape index (κ1) is 85.0. The van der Waals surface area contributed by atoms with Crippen LogP contribution in [0.3, 0.4) is 0 Å². The molecular weight excluding hydrogens is 1750 g/mol. The van der Waals surface area contributed by atoms with E-state index in [1.165, 1.54) is 68.0 Å². The van der Waals surface area contributed by atoms with Gasteiger partial charge >= 0.3 is 53.4 Å². The third kappa shape index (κ3) is 27.5. The van der Waals surface area contributed by atoms with E-state index in [0.717, 1.165) is 124 Å². The molecule has 0 bridgehead atoms. The minimum absolute atomic E-state index is 0. The zero-order valence-electron chi connectivity index (χ0n) is 53.7. The van der Waals surface area contributed by atoms with Crippen molar-refractivity contribution in [2.24, 2.45) is 0 Å². The summed E-state index contributed by atoms with van der Waals surface area (Å²) < 4.78 is 25.7. The molecule has 10 aromatic heterocycles. The van der Waals surface area contributed by atoms with Crippen molar-refractivity contribution in [2.45, 2.75) is 59.8 Å². The normalized spacial score (nSPS) is 10.3. The molecular formula is C71H58Br3Cl4NaO11S10. The number of carboxylic acids is 1. The van der Waals surface area contributed by atoms with Crippen LogP contribution >= 0.6 is 208 Å². The molecule has 0 radical (unpaired) electrons. The standard InChI is InChI=1S/C18H15ClO2S2.C16H11ClO2S2.C12H10BrClO2S2.C12H11ClO2S2.C8H9BrO2S.C5H3BrOS.Na/c1-2-21-18(20)11-16-13(14-8-9-17(19)23-14)10-15(22-16)12-6-4-3-5-7-12;17-15-7-6-12(21-15)11-8-13(10-4-2-1-3-5-10)20-14(11)9-16(18)19;1-2-16-12(15)6-9-7(5-10(13)17-9)8-3-4-11(14)18-8;1-2-15-12(14)7-10-8(5-6-16-10)9-3-4-11(13)17-9;1-2-11-8(10)5-7-6(9)3-4-12-7;6-4-1-2-8-5(4)3-7;/h3-10H,2,11H2,1H3;1-8H,9H2,(H,18,19);3-5H,2,6H2,1H3;3-6H,2,7H2,1H3;3-4H,2,5H2,1H3;1-3H;/q;;;;;;+1/p-1. The number of aldehydes is 1. The van der Waals surface area contributed by atoms with E-state index in [2.05, 4.69) is 66.0 Å². The van der Waals surface area contributed by atoms with Crippen molar-refractivity contribution in [2.75, 3.05) is 26.4 Å². The SMILES string of the molecule is CCOC(=O)Cc1sc(-c2ccccc2)cc1-c1ccc(Cl)s1.CCOC(=O)Cc1sc(Br)cc1-c1ccc(Cl)s1.CCOC(=O)Cc1sccc1-c1ccc(Cl)s1.CCOC(=O)Cc1sccc1Br.O=C([O-])Cc1sc(-c2ccccc2)cc1-c1ccc(Cl)s1.O=Cc1sccc1Br.[Na+]. The zero-order valence-corrected chi connectivity index (χ0v) is 71.7. The van der Waals surface area contributed by atoms with Crippen LogP contribution in [0, 0.1) is 0 Å². The third-order valence-electron chi connectivity index (χ3n) is 12.8. The largest absolute Gasteiger partial charge is 1.00 e. The molecule has 0 aliphatic heterocycles. The Labute approximate surface area is 687 Å². The number of esters is 4. The van der Waals surface area contributed by atoms with Gasteiger partial charge in [0.25, 0.3) is 0 Å². The minimum atomic E-state index is -1.07. The number of benzene rings is 2. The number of carbonyl (C=O) groups is 6. The van der Waals surface area contributed by atoms with E-state index in [1.807, 2.05) is 164 Å². The summed E-state index contributed by atoms with van der Waals surface area (Å²) >= 11 is 49.2. The van der Waals surface area contributed by atoms with E-state index in [9.17, 15) is 33.9 Å². The van der Waals surface area contributed by atoms with Crippen LogP contribution in [-0.4, -0.2) is 62.6 Å². The maximum atomic E-state index is 11.9. The molecule has 12 aromatic rings. The first-order valence-corrected chi connectivity index (χ1v) is 41.9. The summed E-state index contributed by atoms with van der Waals surface area (Å²) in [5, 5.41) is 16.8. The molecule has 10 heterocycles. The summed E-state index contributed by atoms with van der Waals surface area (Å²) in [6.45, 7) is 8.92. The molecule has 100 heavy (non-hydrogen) atoms. The summed E-state index contributed by atoms with van der Waals surface area (Å²) in [4.78, 5) is 79.0. The Morgan fingerprint density at radius 1 is 0.390 bits per heavy atom. The predicted molar refractivity (Wildman–Crippen MR) is 429 cm³/mol. The van der Waals surface area contributed by atoms with Gasteiger partial charge in [0.1, 0.15) is 0 Å². The first-order chi connectivity index (χ1) is 47.7. The topological polar surface area (TPSA) is 162 Å². The summed E-state index contributed by atoms with van der Waals surface area (Å²) in [6.07, 6.45) is 2.05. The van der Waals surface area contributed by atoms with Crippen LogP contribution in [0.1, 0.15) is 61.8 Å². The molecule has 0 aliphatic carbocycles. The summed E-state index contributed by atoms with van der Waals surface area (Å²) in [7, 11) is 0. The average molecular weight is 1810 g/mol. The molecule has 11 nitrogen and oxygen atoms in total. The van der Waals surface area contributed by atoms with Crippen LogP contribution in [0.25, 0.3) is 62.6 Å². The van der Waals surface area contributed by atoms with Crippen molar-refractivity contribution in [1.29, 1.82) is 0 Å². The van der Waals surface area contributed by atoms with Crippen molar-refractivity contribution in [1.82, 2.24) is 0 Å². The minimum Gasteiger partial charge on any atom is -0.550 e.